The van der Waals surface area contributed by atoms with Gasteiger partial charge in [0.05, 0.1) is 34.7 Å². The Labute approximate surface area is 162 Å². The molecule has 1 N–H and O–H groups in total. The van der Waals surface area contributed by atoms with E-state index in [1.54, 1.807) is 48.7 Å². The number of H-pyrrole nitrogens is 1. The van der Waals surface area contributed by atoms with E-state index >= 15 is 0 Å². The van der Waals surface area contributed by atoms with Crippen molar-refractivity contribution in [1.82, 2.24) is 9.97 Å². The third-order valence-corrected chi connectivity index (χ3v) is 6.61. The summed E-state index contributed by atoms with van der Waals surface area (Å²) in [4.78, 5) is 7.53. The van der Waals surface area contributed by atoms with Gasteiger partial charge in [0.1, 0.15) is 11.5 Å². The van der Waals surface area contributed by atoms with E-state index in [9.17, 15) is 0 Å². The van der Waals surface area contributed by atoms with Crippen molar-refractivity contribution in [2.45, 2.75) is 4.34 Å². The third-order valence-electron chi connectivity index (χ3n) is 3.38. The first kappa shape index (κ1) is 18.2. The van der Waals surface area contributed by atoms with Crippen LogP contribution in [0.1, 0.15) is 0 Å². The Kier molecular flexibility index (Phi) is 5.95. The fourth-order valence-electron chi connectivity index (χ4n) is 2.16. The smallest absolute Gasteiger partial charge is 0.159 e. The van der Waals surface area contributed by atoms with Crippen molar-refractivity contribution in [2.24, 2.45) is 0 Å². The predicted octanol–water partition coefficient (Wildman–Crippen LogP) is 5.99. The Balaban J connectivity index is 0.000000146. The monoisotopic (exact) mass is 408 g/mol. The fraction of sp³-hybridized carbons (Fsp3) is 0.176. The maximum atomic E-state index is 5.12. The molecule has 0 saturated carbocycles. The summed E-state index contributed by atoms with van der Waals surface area (Å²) in [6.07, 6.45) is 2.04. The number of aromatic amines is 1. The molecule has 0 bridgehead atoms. The van der Waals surface area contributed by atoms with Crippen LogP contribution in [-0.2, 0) is 0 Å². The van der Waals surface area contributed by atoms with Crippen LogP contribution in [0.5, 0.6) is 11.5 Å². The fourth-order valence-corrected chi connectivity index (χ4v) is 4.72. The highest BCUT2D eigenvalue weighted by molar-refractivity contribution is 8.00. The van der Waals surface area contributed by atoms with Crippen LogP contribution >= 0.6 is 46.7 Å². The zero-order valence-corrected chi connectivity index (χ0v) is 17.1. The van der Waals surface area contributed by atoms with Gasteiger partial charge in [0.2, 0.25) is 0 Å². The molecule has 4 rings (SSSR count). The second-order valence-corrected chi connectivity index (χ2v) is 8.70. The molecule has 0 fully saturated rings. The van der Waals surface area contributed by atoms with Gasteiger partial charge in [-0.1, -0.05) is 11.8 Å². The minimum Gasteiger partial charge on any atom is -0.497 e. The molecule has 2 aromatic heterocycles. The molecule has 25 heavy (non-hydrogen) atoms. The molecule has 0 atom stereocenters. The lowest BCUT2D eigenvalue weighted by atomic mass is 10.3. The Hall–Kier alpha value is -1.61. The molecule has 0 aliphatic rings. The highest BCUT2D eigenvalue weighted by Gasteiger charge is 2.03. The number of fused-ring (bicyclic) bond motifs is 2. The third kappa shape index (κ3) is 4.33. The van der Waals surface area contributed by atoms with Gasteiger partial charge in [0.15, 0.2) is 8.29 Å². The summed E-state index contributed by atoms with van der Waals surface area (Å²) in [6, 6.07) is 11.9. The van der Waals surface area contributed by atoms with Gasteiger partial charge in [-0.15, -0.1) is 22.7 Å². The first-order chi connectivity index (χ1) is 12.1. The molecule has 0 unspecified atom stereocenters. The molecular formula is C17H16N2O2S4. The van der Waals surface area contributed by atoms with Crippen LogP contribution in [-0.4, -0.2) is 30.4 Å². The highest BCUT2D eigenvalue weighted by atomic mass is 32.2. The van der Waals surface area contributed by atoms with Crippen molar-refractivity contribution >= 4 is 67.1 Å². The summed E-state index contributed by atoms with van der Waals surface area (Å²) in [7, 11) is 3.32. The molecule has 0 radical (unpaired) electrons. The van der Waals surface area contributed by atoms with E-state index in [-0.39, 0.29) is 0 Å². The normalized spacial score (nSPS) is 10.5. The number of aromatic nitrogens is 2. The van der Waals surface area contributed by atoms with Crippen molar-refractivity contribution in [2.75, 3.05) is 20.5 Å². The molecule has 2 heterocycles. The van der Waals surface area contributed by atoms with Crippen LogP contribution in [0.3, 0.4) is 0 Å². The van der Waals surface area contributed by atoms with Gasteiger partial charge < -0.3 is 14.5 Å². The van der Waals surface area contributed by atoms with E-state index in [1.165, 1.54) is 9.40 Å². The topological polar surface area (TPSA) is 47.1 Å². The summed E-state index contributed by atoms with van der Waals surface area (Å²) < 4.78 is 14.5. The summed E-state index contributed by atoms with van der Waals surface area (Å²) in [5.41, 5.74) is 2.07. The second-order valence-electron chi connectivity index (χ2n) is 4.89. The number of thioether (sulfide) groups is 1. The van der Waals surface area contributed by atoms with E-state index in [0.29, 0.717) is 0 Å². The zero-order chi connectivity index (χ0) is 17.8. The minimum absolute atomic E-state index is 0.804. The molecule has 8 heteroatoms. The lowest BCUT2D eigenvalue weighted by molar-refractivity contribution is 0.415. The average molecular weight is 409 g/mol. The van der Waals surface area contributed by atoms with Crippen molar-refractivity contribution < 1.29 is 9.47 Å². The van der Waals surface area contributed by atoms with Gasteiger partial charge >= 0.3 is 0 Å². The van der Waals surface area contributed by atoms with Gasteiger partial charge in [-0.2, -0.15) is 0 Å². The average Bonchev–Trinajstić information content (AvgIpc) is 3.22. The molecule has 4 nitrogen and oxygen atoms in total. The first-order valence-electron chi connectivity index (χ1n) is 7.28. The maximum absolute atomic E-state index is 5.12. The van der Waals surface area contributed by atoms with E-state index in [1.807, 2.05) is 42.7 Å². The SMILES string of the molecule is COc1ccc2sc(=S)[nH]c2c1.COc1ccc2sc(SC)nc2c1. The molecule has 0 aliphatic heterocycles. The van der Waals surface area contributed by atoms with E-state index in [2.05, 4.69) is 9.97 Å². The van der Waals surface area contributed by atoms with Gasteiger partial charge in [0.25, 0.3) is 0 Å². The Bertz CT molecular complexity index is 1050. The van der Waals surface area contributed by atoms with Crippen molar-refractivity contribution in [1.29, 1.82) is 0 Å². The van der Waals surface area contributed by atoms with E-state index in [4.69, 9.17) is 21.7 Å². The first-order valence-corrected chi connectivity index (χ1v) is 10.5. The van der Waals surface area contributed by atoms with Crippen LogP contribution in [0.25, 0.3) is 20.4 Å². The van der Waals surface area contributed by atoms with Gasteiger partial charge in [-0.25, -0.2) is 4.98 Å². The Morgan fingerprint density at radius 3 is 2.36 bits per heavy atom. The minimum atomic E-state index is 0.804. The summed E-state index contributed by atoms with van der Waals surface area (Å²) in [6.45, 7) is 0. The number of nitrogens with one attached hydrogen (secondary N) is 1. The largest absolute Gasteiger partial charge is 0.497 e. The van der Waals surface area contributed by atoms with Crippen LogP contribution in [0, 0.1) is 3.95 Å². The lowest BCUT2D eigenvalue weighted by Gasteiger charge is -1.96. The van der Waals surface area contributed by atoms with Crippen molar-refractivity contribution in [3.8, 4) is 11.5 Å². The van der Waals surface area contributed by atoms with Gasteiger partial charge in [-0.3, -0.25) is 0 Å². The number of thiazole rings is 2. The molecule has 4 aromatic rings. The number of hydrogen-bond acceptors (Lipinski definition) is 7. The standard InChI is InChI=1S/C9H9NOS2.C8H7NOS2/c1-11-6-3-4-8-7(5-6)10-9(12-2)13-8;1-10-5-2-3-7-6(4-5)9-8(11)12-7/h3-5H,1-2H3;2-4H,1H3,(H,9,11). The zero-order valence-electron chi connectivity index (χ0n) is 13.9. The number of hydrogen-bond donors (Lipinski definition) is 1. The number of rotatable bonds is 3. The molecule has 2 aromatic carbocycles. The van der Waals surface area contributed by atoms with Gasteiger partial charge in [0, 0.05) is 12.1 Å². The summed E-state index contributed by atoms with van der Waals surface area (Å²) >= 11 is 9.98. The molecular weight excluding hydrogens is 392 g/mol. The summed E-state index contributed by atoms with van der Waals surface area (Å²) in [5, 5.41) is 0. The molecule has 0 spiro atoms. The number of ether oxygens (including phenoxy) is 2. The van der Waals surface area contributed by atoms with E-state index < -0.39 is 0 Å². The van der Waals surface area contributed by atoms with Crippen molar-refractivity contribution in [3.05, 3.63) is 40.4 Å². The quantitative estimate of drug-likeness (QED) is 0.333. The number of nitrogens with zero attached hydrogens (tertiary/aromatic N) is 1. The maximum Gasteiger partial charge on any atom is 0.159 e. The van der Waals surface area contributed by atoms with E-state index in [0.717, 1.165) is 30.8 Å². The molecule has 0 saturated heterocycles. The number of methoxy groups -OCH3 is 2. The molecule has 0 aliphatic carbocycles. The number of benzene rings is 2. The van der Waals surface area contributed by atoms with Crippen LogP contribution < -0.4 is 9.47 Å². The highest BCUT2D eigenvalue weighted by Crippen LogP contribution is 2.30. The van der Waals surface area contributed by atoms with Crippen LogP contribution in [0.2, 0.25) is 0 Å². The summed E-state index contributed by atoms with van der Waals surface area (Å²) in [5.74, 6) is 1.72. The Morgan fingerprint density at radius 1 is 1.00 bits per heavy atom. The second kappa shape index (κ2) is 8.18. The van der Waals surface area contributed by atoms with Crippen LogP contribution in [0.15, 0.2) is 40.7 Å². The van der Waals surface area contributed by atoms with Crippen LogP contribution in [0.4, 0.5) is 0 Å². The predicted molar refractivity (Wildman–Crippen MR) is 112 cm³/mol. The Morgan fingerprint density at radius 2 is 1.68 bits per heavy atom. The van der Waals surface area contributed by atoms with Gasteiger partial charge in [-0.05, 0) is 42.7 Å². The lowest BCUT2D eigenvalue weighted by Crippen LogP contribution is -1.80. The molecule has 0 amide bonds. The molecule has 130 valence electrons. The van der Waals surface area contributed by atoms with Crippen molar-refractivity contribution in [3.63, 3.8) is 0 Å².